The van der Waals surface area contributed by atoms with E-state index in [4.69, 9.17) is 10.5 Å². The molecule has 3 N–H and O–H groups in total. The number of aryl methyl sites for hydroxylation is 1. The number of anilines is 1. The van der Waals surface area contributed by atoms with Crippen molar-refractivity contribution in [1.29, 1.82) is 5.26 Å². The monoisotopic (exact) mass is 491 g/mol. The van der Waals surface area contributed by atoms with Crippen LogP contribution < -0.4 is 15.8 Å². The highest BCUT2D eigenvalue weighted by Gasteiger charge is 2.13. The molecule has 0 aliphatic carbocycles. The maximum Gasteiger partial charge on any atom is 0.266 e. The molecule has 0 saturated heterocycles. The molecule has 0 radical (unpaired) electrons. The number of ether oxygens (including phenoxy) is 1. The minimum absolute atomic E-state index is 0.0529. The summed E-state index contributed by atoms with van der Waals surface area (Å²) < 4.78 is 6.41. The number of carbonyl (C=O) groups is 2. The molecule has 2 rings (SSSR count). The van der Waals surface area contributed by atoms with Crippen molar-refractivity contribution < 1.29 is 14.3 Å². The van der Waals surface area contributed by atoms with Gasteiger partial charge in [-0.3, -0.25) is 9.59 Å². The number of amides is 2. The van der Waals surface area contributed by atoms with Crippen LogP contribution >= 0.6 is 31.9 Å². The number of benzene rings is 2. The number of hydrogen-bond acceptors (Lipinski definition) is 4. The highest BCUT2D eigenvalue weighted by atomic mass is 79.9. The zero-order chi connectivity index (χ0) is 20.0. The van der Waals surface area contributed by atoms with Gasteiger partial charge in [0.25, 0.3) is 11.8 Å². The third-order valence-electron chi connectivity index (χ3n) is 3.45. The van der Waals surface area contributed by atoms with E-state index < -0.39 is 11.8 Å². The van der Waals surface area contributed by atoms with Crippen LogP contribution in [-0.2, 0) is 9.59 Å². The zero-order valence-corrected chi connectivity index (χ0v) is 17.4. The normalized spacial score (nSPS) is 10.8. The Morgan fingerprint density at radius 1 is 1.26 bits per heavy atom. The van der Waals surface area contributed by atoms with Crippen LogP contribution in [0.15, 0.2) is 50.9 Å². The third kappa shape index (κ3) is 5.67. The molecule has 0 unspecified atom stereocenters. The summed E-state index contributed by atoms with van der Waals surface area (Å²) in [6.45, 7) is 1.60. The van der Waals surface area contributed by atoms with Crippen LogP contribution in [0.3, 0.4) is 0 Å². The molecule has 2 amide bonds. The molecular formula is C19H15Br2N3O3. The molecule has 6 nitrogen and oxygen atoms in total. The molecule has 2 aromatic carbocycles. The number of primary amides is 1. The summed E-state index contributed by atoms with van der Waals surface area (Å²) in [6, 6.07) is 12.5. The van der Waals surface area contributed by atoms with Gasteiger partial charge in [0.05, 0.1) is 8.95 Å². The van der Waals surface area contributed by atoms with E-state index in [0.29, 0.717) is 25.9 Å². The number of hydrogen-bond donors (Lipinski definition) is 2. The van der Waals surface area contributed by atoms with Crippen molar-refractivity contribution in [2.75, 3.05) is 11.9 Å². The van der Waals surface area contributed by atoms with Crippen LogP contribution in [0.2, 0.25) is 0 Å². The second-order valence-electron chi connectivity index (χ2n) is 5.51. The molecule has 0 saturated carbocycles. The Bertz CT molecular complexity index is 942. The molecule has 0 fully saturated rings. The summed E-state index contributed by atoms with van der Waals surface area (Å²) in [4.78, 5) is 23.3. The van der Waals surface area contributed by atoms with E-state index in [1.165, 1.54) is 6.08 Å². The first-order valence-electron chi connectivity index (χ1n) is 7.70. The van der Waals surface area contributed by atoms with Gasteiger partial charge in [0.2, 0.25) is 0 Å². The van der Waals surface area contributed by atoms with Crippen LogP contribution in [0.4, 0.5) is 5.69 Å². The van der Waals surface area contributed by atoms with Crippen molar-refractivity contribution in [2.24, 2.45) is 5.73 Å². The Hall–Kier alpha value is -2.63. The number of rotatable bonds is 6. The van der Waals surface area contributed by atoms with E-state index in [1.807, 2.05) is 25.1 Å². The van der Waals surface area contributed by atoms with Gasteiger partial charge in [-0.1, -0.05) is 18.2 Å². The van der Waals surface area contributed by atoms with Gasteiger partial charge in [-0.05, 0) is 74.2 Å². The summed E-state index contributed by atoms with van der Waals surface area (Å²) in [5.41, 5.74) is 7.15. The molecule has 8 heteroatoms. The smallest absolute Gasteiger partial charge is 0.266 e. The lowest BCUT2D eigenvalue weighted by molar-refractivity contribution is -0.120. The predicted molar refractivity (Wildman–Crippen MR) is 110 cm³/mol. The highest BCUT2D eigenvalue weighted by molar-refractivity contribution is 9.11. The van der Waals surface area contributed by atoms with Crippen LogP contribution in [0.25, 0.3) is 6.08 Å². The van der Waals surface area contributed by atoms with Gasteiger partial charge in [0.15, 0.2) is 6.61 Å². The topological polar surface area (TPSA) is 105 Å². The number of halogens is 2. The molecular weight excluding hydrogens is 478 g/mol. The Labute approximate surface area is 173 Å². The summed E-state index contributed by atoms with van der Waals surface area (Å²) in [5.74, 6) is -0.709. The number of nitrogens with zero attached hydrogens (tertiary/aromatic N) is 1. The Balaban J connectivity index is 2.27. The molecule has 138 valence electrons. The lowest BCUT2D eigenvalue weighted by Gasteiger charge is -2.10. The van der Waals surface area contributed by atoms with E-state index >= 15 is 0 Å². The average Bonchev–Trinajstić information content (AvgIpc) is 2.60. The fourth-order valence-electron chi connectivity index (χ4n) is 2.16. The van der Waals surface area contributed by atoms with E-state index in [2.05, 4.69) is 37.2 Å². The van der Waals surface area contributed by atoms with Crippen molar-refractivity contribution in [3.8, 4) is 11.8 Å². The van der Waals surface area contributed by atoms with E-state index in [0.717, 1.165) is 5.56 Å². The third-order valence-corrected chi connectivity index (χ3v) is 4.63. The van der Waals surface area contributed by atoms with E-state index in [1.54, 1.807) is 24.3 Å². The van der Waals surface area contributed by atoms with E-state index in [-0.39, 0.29) is 12.2 Å². The highest BCUT2D eigenvalue weighted by Crippen LogP contribution is 2.35. The minimum Gasteiger partial charge on any atom is -0.481 e. The Morgan fingerprint density at radius 2 is 1.89 bits per heavy atom. The summed E-state index contributed by atoms with van der Waals surface area (Å²) >= 11 is 6.68. The largest absolute Gasteiger partial charge is 0.481 e. The first kappa shape index (κ1) is 20.7. The molecule has 0 aliphatic rings. The lowest BCUT2D eigenvalue weighted by Crippen LogP contribution is -2.20. The van der Waals surface area contributed by atoms with Gasteiger partial charge < -0.3 is 15.8 Å². The number of carbonyl (C=O) groups excluding carboxylic acids is 2. The lowest BCUT2D eigenvalue weighted by atomic mass is 10.1. The van der Waals surface area contributed by atoms with Crippen molar-refractivity contribution in [3.63, 3.8) is 0 Å². The van der Waals surface area contributed by atoms with Gasteiger partial charge in [-0.15, -0.1) is 0 Å². The minimum atomic E-state index is -0.600. The van der Waals surface area contributed by atoms with Crippen LogP contribution in [0.1, 0.15) is 11.1 Å². The first-order valence-corrected chi connectivity index (χ1v) is 9.29. The number of para-hydroxylation sites is 1. The molecule has 2 aromatic rings. The molecule has 0 atom stereocenters. The summed E-state index contributed by atoms with van der Waals surface area (Å²) in [7, 11) is 0. The van der Waals surface area contributed by atoms with Crippen molar-refractivity contribution in [3.05, 3.63) is 62.0 Å². The van der Waals surface area contributed by atoms with Crippen molar-refractivity contribution in [1.82, 2.24) is 0 Å². The van der Waals surface area contributed by atoms with Crippen LogP contribution in [-0.4, -0.2) is 18.4 Å². The fourth-order valence-corrected chi connectivity index (χ4v) is 3.61. The quantitative estimate of drug-likeness (QED) is 0.470. The van der Waals surface area contributed by atoms with Gasteiger partial charge in [0.1, 0.15) is 17.4 Å². The van der Waals surface area contributed by atoms with E-state index in [9.17, 15) is 14.9 Å². The maximum atomic E-state index is 12.4. The molecule has 0 heterocycles. The predicted octanol–water partition coefficient (Wildman–Crippen LogP) is 3.93. The fraction of sp³-hybridized carbons (Fsp3) is 0.105. The molecule has 0 spiro atoms. The van der Waals surface area contributed by atoms with Gasteiger partial charge in [0, 0.05) is 5.69 Å². The molecule has 0 bridgehead atoms. The average molecular weight is 493 g/mol. The Kier molecular flexibility index (Phi) is 7.16. The summed E-state index contributed by atoms with van der Waals surface area (Å²) in [6.07, 6.45) is 1.46. The van der Waals surface area contributed by atoms with Crippen molar-refractivity contribution in [2.45, 2.75) is 6.92 Å². The first-order chi connectivity index (χ1) is 12.8. The second-order valence-corrected chi connectivity index (χ2v) is 7.22. The molecule has 27 heavy (non-hydrogen) atoms. The Morgan fingerprint density at radius 3 is 2.44 bits per heavy atom. The van der Waals surface area contributed by atoms with Crippen LogP contribution in [0, 0.1) is 18.3 Å². The van der Waals surface area contributed by atoms with Gasteiger partial charge in [-0.25, -0.2) is 0 Å². The van der Waals surface area contributed by atoms with Gasteiger partial charge >= 0.3 is 0 Å². The second kappa shape index (κ2) is 9.35. The molecule has 0 aromatic heterocycles. The number of nitrogens with one attached hydrogen (secondary N) is 1. The summed E-state index contributed by atoms with van der Waals surface area (Å²) in [5, 5.41) is 12.1. The number of nitrogens with two attached hydrogens (primary N) is 1. The molecule has 0 aliphatic heterocycles. The zero-order valence-electron chi connectivity index (χ0n) is 14.3. The standard InChI is InChI=1S/C19H15Br2N3O3/c1-11-4-2-3-5-16(11)24-19(26)13(9-22)6-12-7-14(20)18(15(21)8-12)27-10-17(23)25/h2-8H,10H2,1H3,(H2,23,25)(H,24,26)/b13-6+. The van der Waals surface area contributed by atoms with Crippen LogP contribution in [0.5, 0.6) is 5.75 Å². The number of nitriles is 1. The maximum absolute atomic E-state index is 12.4. The van der Waals surface area contributed by atoms with Crippen molar-refractivity contribution >= 4 is 55.4 Å². The van der Waals surface area contributed by atoms with Gasteiger partial charge in [-0.2, -0.15) is 5.26 Å². The SMILES string of the molecule is Cc1ccccc1NC(=O)/C(C#N)=C/c1cc(Br)c(OCC(N)=O)c(Br)c1.